The zero-order valence-electron chi connectivity index (χ0n) is 23.3. The van der Waals surface area contributed by atoms with Crippen molar-refractivity contribution < 1.29 is 27.5 Å². The Kier molecular flexibility index (Phi) is 11.1. The van der Waals surface area contributed by atoms with Gasteiger partial charge in [-0.2, -0.15) is 0 Å². The summed E-state index contributed by atoms with van der Waals surface area (Å²) in [7, 11) is -0.366. The highest BCUT2D eigenvalue weighted by Crippen LogP contribution is 2.18. The van der Waals surface area contributed by atoms with Gasteiger partial charge in [0.15, 0.2) is 0 Å². The van der Waals surface area contributed by atoms with Crippen LogP contribution in [0, 0.1) is 0 Å². The molecule has 0 bridgehead atoms. The molecule has 10 heteroatoms. The number of methoxy groups -OCH3 is 2. The van der Waals surface area contributed by atoms with Gasteiger partial charge in [-0.15, -0.1) is 0 Å². The highest BCUT2D eigenvalue weighted by molar-refractivity contribution is 7.89. The van der Waals surface area contributed by atoms with Crippen molar-refractivity contribution in [1.29, 1.82) is 0 Å². The average Bonchev–Trinajstić information content (AvgIpc) is 2.97. The molecule has 0 saturated carbocycles. The minimum absolute atomic E-state index is 0.158. The molecule has 3 aromatic rings. The van der Waals surface area contributed by atoms with Gasteiger partial charge in [-0.25, -0.2) is 13.1 Å². The van der Waals surface area contributed by atoms with Crippen LogP contribution in [0.4, 0.5) is 0 Å². The lowest BCUT2D eigenvalue weighted by atomic mass is 10.1. The summed E-state index contributed by atoms with van der Waals surface area (Å²) in [6.07, 6.45) is 0.561. The Bertz CT molecular complexity index is 1360. The standard InChI is InChI=1S/C30H37N3O6S/c1-5-32-40(36,37)28-17-10-23(11-18-28)12-19-29(34)33(21-25-8-15-27(39-4)16-9-25)22(2)30(35)31-20-24-6-13-26(38-3)14-7-24/h6-11,13-18,22,32H,5,12,19-21H2,1-4H3,(H,31,35)/t22-/m1/s1. The molecular formula is C30H37N3O6S. The van der Waals surface area contributed by atoms with E-state index in [-0.39, 0.29) is 29.7 Å². The van der Waals surface area contributed by atoms with Crippen molar-refractivity contribution in [3.63, 3.8) is 0 Å². The van der Waals surface area contributed by atoms with Crippen LogP contribution in [-0.4, -0.2) is 51.9 Å². The van der Waals surface area contributed by atoms with E-state index in [1.165, 1.54) is 12.1 Å². The molecule has 2 amide bonds. The van der Waals surface area contributed by atoms with Crippen LogP contribution < -0.4 is 19.5 Å². The van der Waals surface area contributed by atoms with E-state index in [2.05, 4.69) is 10.0 Å². The molecule has 0 saturated heterocycles. The van der Waals surface area contributed by atoms with E-state index < -0.39 is 16.1 Å². The first-order valence-corrected chi connectivity index (χ1v) is 14.6. The van der Waals surface area contributed by atoms with Crippen LogP contribution in [0.25, 0.3) is 0 Å². The number of hydrogen-bond donors (Lipinski definition) is 2. The highest BCUT2D eigenvalue weighted by atomic mass is 32.2. The van der Waals surface area contributed by atoms with Gasteiger partial charge >= 0.3 is 0 Å². The zero-order chi connectivity index (χ0) is 29.1. The van der Waals surface area contributed by atoms with Crippen molar-refractivity contribution in [2.24, 2.45) is 0 Å². The Morgan fingerprint density at radius 1 is 0.825 bits per heavy atom. The molecule has 3 rings (SSSR count). The molecule has 0 fully saturated rings. The molecule has 0 aliphatic heterocycles. The van der Waals surface area contributed by atoms with Gasteiger partial charge in [-0.1, -0.05) is 43.3 Å². The summed E-state index contributed by atoms with van der Waals surface area (Å²) < 4.78 is 37.3. The van der Waals surface area contributed by atoms with E-state index in [0.29, 0.717) is 25.3 Å². The molecule has 214 valence electrons. The zero-order valence-corrected chi connectivity index (χ0v) is 24.2. The van der Waals surface area contributed by atoms with Gasteiger partial charge < -0.3 is 19.7 Å². The molecule has 0 spiro atoms. The third kappa shape index (κ3) is 8.56. The molecule has 9 nitrogen and oxygen atoms in total. The molecule has 3 aromatic carbocycles. The maximum absolute atomic E-state index is 13.4. The number of nitrogens with one attached hydrogen (secondary N) is 2. The molecule has 0 aliphatic rings. The number of rotatable bonds is 14. The van der Waals surface area contributed by atoms with Gasteiger partial charge in [0.1, 0.15) is 17.5 Å². The van der Waals surface area contributed by atoms with Crippen LogP contribution in [-0.2, 0) is 39.1 Å². The van der Waals surface area contributed by atoms with Crippen LogP contribution in [0.5, 0.6) is 11.5 Å². The fourth-order valence-electron chi connectivity index (χ4n) is 4.09. The number of benzene rings is 3. The monoisotopic (exact) mass is 567 g/mol. The molecule has 0 unspecified atom stereocenters. The third-order valence-corrected chi connectivity index (χ3v) is 8.06. The van der Waals surface area contributed by atoms with E-state index in [9.17, 15) is 18.0 Å². The second kappa shape index (κ2) is 14.5. The maximum atomic E-state index is 13.4. The van der Waals surface area contributed by atoms with Crippen LogP contribution >= 0.6 is 0 Å². The summed E-state index contributed by atoms with van der Waals surface area (Å²) in [5.41, 5.74) is 2.60. The average molecular weight is 568 g/mol. The fraction of sp³-hybridized carbons (Fsp3) is 0.333. The third-order valence-electron chi connectivity index (χ3n) is 6.50. The van der Waals surface area contributed by atoms with Crippen molar-refractivity contribution in [3.05, 3.63) is 89.5 Å². The maximum Gasteiger partial charge on any atom is 0.242 e. The largest absolute Gasteiger partial charge is 0.497 e. The lowest BCUT2D eigenvalue weighted by Gasteiger charge is -2.29. The van der Waals surface area contributed by atoms with Crippen molar-refractivity contribution in [2.45, 2.75) is 50.7 Å². The minimum atomic E-state index is -3.55. The molecule has 0 aliphatic carbocycles. The van der Waals surface area contributed by atoms with E-state index in [1.807, 2.05) is 48.5 Å². The normalized spacial score (nSPS) is 11.9. The number of carbonyl (C=O) groups excluding carboxylic acids is 2. The lowest BCUT2D eigenvalue weighted by Crippen LogP contribution is -2.47. The van der Waals surface area contributed by atoms with Gasteiger partial charge in [0.25, 0.3) is 0 Å². The molecule has 0 heterocycles. The van der Waals surface area contributed by atoms with Crippen molar-refractivity contribution in [3.8, 4) is 11.5 Å². The number of sulfonamides is 1. The Labute approximate surface area is 236 Å². The smallest absolute Gasteiger partial charge is 0.242 e. The minimum Gasteiger partial charge on any atom is -0.497 e. The number of nitrogens with zero attached hydrogens (tertiary/aromatic N) is 1. The van der Waals surface area contributed by atoms with Gasteiger partial charge in [0.2, 0.25) is 21.8 Å². The molecular weight excluding hydrogens is 530 g/mol. The second-order valence-corrected chi connectivity index (χ2v) is 11.0. The Balaban J connectivity index is 1.70. The van der Waals surface area contributed by atoms with E-state index in [1.54, 1.807) is 45.1 Å². The van der Waals surface area contributed by atoms with Crippen molar-refractivity contribution in [1.82, 2.24) is 14.9 Å². The first kappa shape index (κ1) is 30.6. The molecule has 2 N–H and O–H groups in total. The summed E-state index contributed by atoms with van der Waals surface area (Å²) in [5, 5.41) is 2.92. The molecule has 0 radical (unpaired) electrons. The van der Waals surface area contributed by atoms with E-state index >= 15 is 0 Å². The summed E-state index contributed by atoms with van der Waals surface area (Å²) in [5.74, 6) is 0.975. The Morgan fingerprint density at radius 3 is 1.88 bits per heavy atom. The number of amides is 2. The van der Waals surface area contributed by atoms with Gasteiger partial charge in [-0.3, -0.25) is 9.59 Å². The Hall–Kier alpha value is -3.89. The van der Waals surface area contributed by atoms with Gasteiger partial charge in [0, 0.05) is 26.1 Å². The first-order valence-electron chi connectivity index (χ1n) is 13.1. The van der Waals surface area contributed by atoms with E-state index in [4.69, 9.17) is 9.47 Å². The fourth-order valence-corrected chi connectivity index (χ4v) is 5.14. The molecule has 1 atom stereocenters. The second-order valence-electron chi connectivity index (χ2n) is 9.26. The van der Waals surface area contributed by atoms with Gasteiger partial charge in [-0.05, 0) is 66.4 Å². The summed E-state index contributed by atoms with van der Waals surface area (Å²) >= 11 is 0. The quantitative estimate of drug-likeness (QED) is 0.307. The van der Waals surface area contributed by atoms with Crippen LogP contribution in [0.1, 0.15) is 37.0 Å². The Morgan fingerprint density at radius 2 is 1.35 bits per heavy atom. The summed E-state index contributed by atoms with van der Waals surface area (Å²) in [6.45, 7) is 4.30. The molecule has 40 heavy (non-hydrogen) atoms. The number of aryl methyl sites for hydroxylation is 1. The molecule has 0 aromatic heterocycles. The summed E-state index contributed by atoms with van der Waals surface area (Å²) in [4.78, 5) is 28.3. The topological polar surface area (TPSA) is 114 Å². The SMILES string of the molecule is CCNS(=O)(=O)c1ccc(CCC(=O)N(Cc2ccc(OC)cc2)[C@H](C)C(=O)NCc2ccc(OC)cc2)cc1. The van der Waals surface area contributed by atoms with Crippen molar-refractivity contribution >= 4 is 21.8 Å². The first-order chi connectivity index (χ1) is 19.2. The highest BCUT2D eigenvalue weighted by Gasteiger charge is 2.26. The predicted molar refractivity (Wildman–Crippen MR) is 153 cm³/mol. The predicted octanol–water partition coefficient (Wildman–Crippen LogP) is 3.67. The van der Waals surface area contributed by atoms with Crippen LogP contribution in [0.2, 0.25) is 0 Å². The lowest BCUT2D eigenvalue weighted by molar-refractivity contribution is -0.140. The van der Waals surface area contributed by atoms with Crippen LogP contribution in [0.15, 0.2) is 77.7 Å². The van der Waals surface area contributed by atoms with E-state index in [0.717, 1.165) is 22.4 Å². The van der Waals surface area contributed by atoms with Crippen molar-refractivity contribution in [2.75, 3.05) is 20.8 Å². The number of carbonyl (C=O) groups is 2. The number of hydrogen-bond acceptors (Lipinski definition) is 6. The number of ether oxygens (including phenoxy) is 2. The summed E-state index contributed by atoms with van der Waals surface area (Å²) in [6, 6.07) is 20.5. The van der Waals surface area contributed by atoms with Crippen LogP contribution in [0.3, 0.4) is 0 Å². The van der Waals surface area contributed by atoms with Gasteiger partial charge in [0.05, 0.1) is 19.1 Å².